The number of anilines is 1. The normalized spacial score (nSPS) is 11.7. The van der Waals surface area contributed by atoms with Gasteiger partial charge in [-0.3, -0.25) is 9.35 Å². The number of para-hydroxylation sites is 2. The Bertz CT molecular complexity index is 1650. The smallest absolute Gasteiger partial charge is 0.296 e. The standard InChI is InChI=1S/C26H22ClN3O6S/c1-3-36-21-11-7-6-10-19(21)28-26(32)18-14-16-8-4-5-9-17(16)24(25(18)31)30-29-20-12-15(2)13-22(23(20)27)37(33,34)35/h4-14,31H,3H2,1-2H3,(H,28,32)(H,33,34,35). The van der Waals surface area contributed by atoms with Crippen LogP contribution in [0.4, 0.5) is 17.1 Å². The number of hydrogen-bond donors (Lipinski definition) is 3. The summed E-state index contributed by atoms with van der Waals surface area (Å²) in [6, 6.07) is 18.0. The average Bonchev–Trinajstić information content (AvgIpc) is 2.85. The van der Waals surface area contributed by atoms with Crippen LogP contribution in [0.3, 0.4) is 0 Å². The van der Waals surface area contributed by atoms with Crippen LogP contribution in [0.25, 0.3) is 10.8 Å². The molecule has 0 spiro atoms. The number of phenols is 1. The maximum Gasteiger partial charge on any atom is 0.296 e. The van der Waals surface area contributed by atoms with Gasteiger partial charge in [-0.25, -0.2) is 0 Å². The first-order valence-electron chi connectivity index (χ1n) is 11.1. The molecule has 37 heavy (non-hydrogen) atoms. The fourth-order valence-corrected chi connectivity index (χ4v) is 4.82. The molecular weight excluding hydrogens is 518 g/mol. The van der Waals surface area contributed by atoms with Crippen LogP contribution in [-0.4, -0.2) is 30.6 Å². The maximum absolute atomic E-state index is 13.2. The molecule has 190 valence electrons. The second kappa shape index (κ2) is 10.6. The summed E-state index contributed by atoms with van der Waals surface area (Å²) in [5.74, 6) is -0.566. The first-order valence-corrected chi connectivity index (χ1v) is 12.9. The lowest BCUT2D eigenvalue weighted by molar-refractivity contribution is 0.102. The van der Waals surface area contributed by atoms with Gasteiger partial charge in [-0.15, -0.1) is 10.2 Å². The zero-order valence-corrected chi connectivity index (χ0v) is 21.3. The number of aryl methyl sites for hydroxylation is 1. The van der Waals surface area contributed by atoms with Crippen molar-refractivity contribution in [2.75, 3.05) is 11.9 Å². The number of azo groups is 1. The molecule has 0 aromatic heterocycles. The minimum absolute atomic E-state index is 0.0210. The van der Waals surface area contributed by atoms with Crippen molar-refractivity contribution in [3.8, 4) is 11.5 Å². The highest BCUT2D eigenvalue weighted by Gasteiger charge is 2.21. The maximum atomic E-state index is 13.2. The molecule has 0 heterocycles. The molecule has 0 bridgehead atoms. The van der Waals surface area contributed by atoms with Crippen LogP contribution in [0, 0.1) is 6.92 Å². The van der Waals surface area contributed by atoms with Crippen LogP contribution >= 0.6 is 11.6 Å². The van der Waals surface area contributed by atoms with Gasteiger partial charge in [0.15, 0.2) is 5.75 Å². The summed E-state index contributed by atoms with van der Waals surface area (Å²) in [5.41, 5.74) is 0.758. The van der Waals surface area contributed by atoms with E-state index in [0.29, 0.717) is 34.4 Å². The van der Waals surface area contributed by atoms with Crippen LogP contribution in [0.15, 0.2) is 81.9 Å². The fraction of sp³-hybridized carbons (Fsp3) is 0.115. The van der Waals surface area contributed by atoms with Gasteiger partial charge in [0.2, 0.25) is 0 Å². The number of benzene rings is 4. The van der Waals surface area contributed by atoms with Crippen molar-refractivity contribution in [1.82, 2.24) is 0 Å². The molecular formula is C26H22ClN3O6S. The quantitative estimate of drug-likeness (QED) is 0.174. The fourth-order valence-electron chi connectivity index (χ4n) is 3.71. The van der Waals surface area contributed by atoms with Gasteiger partial charge in [-0.2, -0.15) is 8.42 Å². The third-order valence-electron chi connectivity index (χ3n) is 5.37. The summed E-state index contributed by atoms with van der Waals surface area (Å²) in [7, 11) is -4.61. The van der Waals surface area contributed by atoms with Crippen LogP contribution in [0.1, 0.15) is 22.8 Å². The van der Waals surface area contributed by atoms with Gasteiger partial charge < -0.3 is 15.2 Å². The SMILES string of the molecule is CCOc1ccccc1NC(=O)c1cc2ccccc2c(N=Nc2cc(C)cc(S(=O)(=O)O)c2Cl)c1O. The second-order valence-electron chi connectivity index (χ2n) is 8.00. The highest BCUT2D eigenvalue weighted by atomic mass is 35.5. The highest BCUT2D eigenvalue weighted by Crippen LogP contribution is 2.41. The van der Waals surface area contributed by atoms with Crippen molar-refractivity contribution in [2.24, 2.45) is 10.2 Å². The molecule has 0 radical (unpaired) electrons. The number of nitrogens with one attached hydrogen (secondary N) is 1. The molecule has 0 saturated carbocycles. The molecule has 0 saturated heterocycles. The molecule has 0 unspecified atom stereocenters. The highest BCUT2D eigenvalue weighted by molar-refractivity contribution is 7.86. The van der Waals surface area contributed by atoms with E-state index in [0.717, 1.165) is 0 Å². The molecule has 0 fully saturated rings. The lowest BCUT2D eigenvalue weighted by Gasteiger charge is -2.13. The number of fused-ring (bicyclic) bond motifs is 1. The summed E-state index contributed by atoms with van der Waals surface area (Å²) >= 11 is 6.17. The van der Waals surface area contributed by atoms with Gasteiger partial charge >= 0.3 is 0 Å². The van der Waals surface area contributed by atoms with Crippen molar-refractivity contribution < 1.29 is 27.6 Å². The lowest BCUT2D eigenvalue weighted by Crippen LogP contribution is -2.13. The van der Waals surface area contributed by atoms with E-state index in [2.05, 4.69) is 15.5 Å². The number of amides is 1. The Labute approximate surface area is 218 Å². The summed E-state index contributed by atoms with van der Waals surface area (Å²) in [4.78, 5) is 12.7. The Morgan fingerprint density at radius 1 is 1.05 bits per heavy atom. The van der Waals surface area contributed by atoms with Crippen molar-refractivity contribution in [1.29, 1.82) is 0 Å². The number of carbonyl (C=O) groups is 1. The Hall–Kier alpha value is -3.99. The minimum atomic E-state index is -4.61. The predicted octanol–water partition coefficient (Wildman–Crippen LogP) is 6.82. The number of ether oxygens (including phenoxy) is 1. The Morgan fingerprint density at radius 3 is 2.49 bits per heavy atom. The molecule has 0 aliphatic heterocycles. The van der Waals surface area contributed by atoms with Crippen LogP contribution in [0.5, 0.6) is 11.5 Å². The largest absolute Gasteiger partial charge is 0.505 e. The molecule has 4 aromatic carbocycles. The van der Waals surface area contributed by atoms with E-state index < -0.39 is 26.7 Å². The Morgan fingerprint density at radius 2 is 1.76 bits per heavy atom. The van der Waals surface area contributed by atoms with E-state index in [9.17, 15) is 22.9 Å². The van der Waals surface area contributed by atoms with Crippen LogP contribution < -0.4 is 10.1 Å². The van der Waals surface area contributed by atoms with Crippen molar-refractivity contribution in [3.05, 3.63) is 82.9 Å². The third-order valence-corrected chi connectivity index (χ3v) is 6.76. The molecule has 0 aliphatic carbocycles. The first-order chi connectivity index (χ1) is 17.6. The zero-order valence-electron chi connectivity index (χ0n) is 19.8. The topological polar surface area (TPSA) is 138 Å². The molecule has 4 rings (SSSR count). The average molecular weight is 540 g/mol. The van der Waals surface area contributed by atoms with Gasteiger partial charge in [0, 0.05) is 5.39 Å². The van der Waals surface area contributed by atoms with Crippen LogP contribution in [0.2, 0.25) is 5.02 Å². The van der Waals surface area contributed by atoms with Crippen LogP contribution in [-0.2, 0) is 10.1 Å². The second-order valence-corrected chi connectivity index (χ2v) is 9.76. The Balaban J connectivity index is 1.81. The van der Waals surface area contributed by atoms with Crippen molar-refractivity contribution in [2.45, 2.75) is 18.7 Å². The molecule has 11 heteroatoms. The summed E-state index contributed by atoms with van der Waals surface area (Å²) in [6.07, 6.45) is 0. The van der Waals surface area contributed by atoms with E-state index in [4.69, 9.17) is 16.3 Å². The van der Waals surface area contributed by atoms with Crippen molar-refractivity contribution >= 4 is 55.5 Å². The number of nitrogens with zero attached hydrogens (tertiary/aromatic N) is 2. The molecule has 3 N–H and O–H groups in total. The summed E-state index contributed by atoms with van der Waals surface area (Å²) in [5, 5.41) is 22.8. The molecule has 1 amide bonds. The summed E-state index contributed by atoms with van der Waals surface area (Å²) < 4.78 is 38.4. The third kappa shape index (κ3) is 5.56. The molecule has 0 atom stereocenters. The molecule has 9 nitrogen and oxygen atoms in total. The van der Waals surface area contributed by atoms with Gasteiger partial charge in [-0.1, -0.05) is 48.0 Å². The number of halogens is 1. The van der Waals surface area contributed by atoms with E-state index in [-0.39, 0.29) is 22.0 Å². The lowest BCUT2D eigenvalue weighted by atomic mass is 10.0. The minimum Gasteiger partial charge on any atom is -0.505 e. The van der Waals surface area contributed by atoms with Gasteiger partial charge in [-0.05, 0) is 55.1 Å². The summed E-state index contributed by atoms with van der Waals surface area (Å²) in [6.45, 7) is 3.83. The van der Waals surface area contributed by atoms with Crippen molar-refractivity contribution in [3.63, 3.8) is 0 Å². The van der Waals surface area contributed by atoms with E-state index >= 15 is 0 Å². The number of hydrogen-bond acceptors (Lipinski definition) is 7. The zero-order chi connectivity index (χ0) is 26.7. The van der Waals surface area contributed by atoms with E-state index in [1.807, 2.05) is 6.92 Å². The molecule has 0 aliphatic rings. The van der Waals surface area contributed by atoms with Gasteiger partial charge in [0.05, 0.1) is 22.9 Å². The van der Waals surface area contributed by atoms with E-state index in [1.54, 1.807) is 55.5 Å². The number of rotatable bonds is 7. The number of aromatic hydroxyl groups is 1. The number of carbonyl (C=O) groups excluding carboxylic acids is 1. The number of phenolic OH excluding ortho intramolecular Hbond substituents is 1. The van der Waals surface area contributed by atoms with Gasteiger partial charge in [0.1, 0.15) is 22.0 Å². The monoisotopic (exact) mass is 539 g/mol. The van der Waals surface area contributed by atoms with Gasteiger partial charge in [0.25, 0.3) is 16.0 Å². The van der Waals surface area contributed by atoms with E-state index in [1.165, 1.54) is 18.2 Å². The first kappa shape index (κ1) is 26.1. The predicted molar refractivity (Wildman–Crippen MR) is 141 cm³/mol. The molecule has 4 aromatic rings. The Kier molecular flexibility index (Phi) is 7.44.